The number of aliphatic hydroxyl groups excluding tert-OH is 1. The van der Waals surface area contributed by atoms with Gasteiger partial charge in [0.15, 0.2) is 5.96 Å². The monoisotopic (exact) mass is 403 g/mol. The van der Waals surface area contributed by atoms with Crippen LogP contribution in [0.5, 0.6) is 0 Å². The summed E-state index contributed by atoms with van der Waals surface area (Å²) in [5.41, 5.74) is 8.07. The Kier molecular flexibility index (Phi) is 7.45. The highest BCUT2D eigenvalue weighted by Gasteiger charge is 2.18. The molecule has 4 nitrogen and oxygen atoms in total. The maximum absolute atomic E-state index is 10.2. The van der Waals surface area contributed by atoms with E-state index in [0.717, 1.165) is 30.6 Å². The molecule has 2 rings (SSSR count). The van der Waals surface area contributed by atoms with Crippen LogP contribution in [0.2, 0.25) is 0 Å². The minimum atomic E-state index is -0.587. The fourth-order valence-electron chi connectivity index (χ4n) is 2.66. The molecule has 0 aromatic heterocycles. The number of likely N-dealkylation sites (tertiary alicyclic amines) is 1. The third-order valence-corrected chi connectivity index (χ3v) is 3.83. The molecular weight excluding hydrogens is 377 g/mol. The van der Waals surface area contributed by atoms with Crippen LogP contribution >= 0.6 is 24.0 Å². The van der Waals surface area contributed by atoms with Gasteiger partial charge in [0.25, 0.3) is 0 Å². The number of guanidine groups is 1. The van der Waals surface area contributed by atoms with Crippen molar-refractivity contribution >= 4 is 29.9 Å². The Morgan fingerprint density at radius 3 is 2.95 bits per heavy atom. The Bertz CT molecular complexity index is 478. The fourth-order valence-corrected chi connectivity index (χ4v) is 2.66. The van der Waals surface area contributed by atoms with Crippen molar-refractivity contribution in [2.75, 3.05) is 19.6 Å². The van der Waals surface area contributed by atoms with E-state index < -0.39 is 6.10 Å². The third kappa shape index (κ3) is 5.47. The fraction of sp³-hybridized carbons (Fsp3) is 0.562. The molecule has 1 aliphatic rings. The first-order chi connectivity index (χ1) is 9.56. The standard InChI is InChI=1S/C16H25N3O.HI/c1-12-5-3-7-14(9-12)15(20)10-18-16(17)19-8-4-6-13(2)11-19;/h3,5,7,9,13,15,20H,4,6,8,10-11H2,1-2H3,(H2,17,18);1H. The van der Waals surface area contributed by atoms with E-state index in [4.69, 9.17) is 5.73 Å². The van der Waals surface area contributed by atoms with Crippen LogP contribution in [0.3, 0.4) is 0 Å². The molecule has 3 N–H and O–H groups in total. The first-order valence-electron chi connectivity index (χ1n) is 7.35. The lowest BCUT2D eigenvalue weighted by Gasteiger charge is -2.31. The summed E-state index contributed by atoms with van der Waals surface area (Å²) in [6.45, 7) is 6.51. The van der Waals surface area contributed by atoms with E-state index >= 15 is 0 Å². The molecule has 0 saturated carbocycles. The van der Waals surface area contributed by atoms with Gasteiger partial charge in [0.1, 0.15) is 0 Å². The van der Waals surface area contributed by atoms with Crippen LogP contribution in [0.15, 0.2) is 29.3 Å². The molecule has 1 saturated heterocycles. The van der Waals surface area contributed by atoms with Crippen molar-refractivity contribution < 1.29 is 5.11 Å². The van der Waals surface area contributed by atoms with E-state index in [1.807, 2.05) is 31.2 Å². The zero-order chi connectivity index (χ0) is 14.5. The van der Waals surface area contributed by atoms with Gasteiger partial charge in [-0.2, -0.15) is 0 Å². The van der Waals surface area contributed by atoms with Gasteiger partial charge in [-0.15, -0.1) is 24.0 Å². The summed E-state index contributed by atoms with van der Waals surface area (Å²) < 4.78 is 0. The van der Waals surface area contributed by atoms with Crippen LogP contribution in [0, 0.1) is 12.8 Å². The first kappa shape index (κ1) is 18.2. The first-order valence-corrected chi connectivity index (χ1v) is 7.35. The van der Waals surface area contributed by atoms with Crippen LogP contribution in [0.4, 0.5) is 0 Å². The van der Waals surface area contributed by atoms with Crippen LogP contribution in [0.1, 0.15) is 37.0 Å². The van der Waals surface area contributed by atoms with E-state index in [9.17, 15) is 5.11 Å². The predicted octanol–water partition coefficient (Wildman–Crippen LogP) is 2.69. The summed E-state index contributed by atoms with van der Waals surface area (Å²) in [6, 6.07) is 7.88. The maximum Gasteiger partial charge on any atom is 0.191 e. The number of rotatable bonds is 3. The Hall–Kier alpha value is -0.820. The third-order valence-electron chi connectivity index (χ3n) is 3.83. The molecule has 1 aliphatic heterocycles. The lowest BCUT2D eigenvalue weighted by molar-refractivity contribution is 0.186. The van der Waals surface area contributed by atoms with E-state index in [2.05, 4.69) is 16.8 Å². The van der Waals surface area contributed by atoms with Gasteiger partial charge in [-0.3, -0.25) is 4.99 Å². The van der Waals surface area contributed by atoms with Gasteiger partial charge in [-0.25, -0.2) is 0 Å². The van der Waals surface area contributed by atoms with Crippen molar-refractivity contribution in [1.82, 2.24) is 4.90 Å². The number of nitrogens with two attached hydrogens (primary N) is 1. The zero-order valence-corrected chi connectivity index (χ0v) is 15.2. The number of aryl methyl sites for hydroxylation is 1. The molecule has 1 aromatic rings. The summed E-state index contributed by atoms with van der Waals surface area (Å²) in [7, 11) is 0. The molecule has 2 unspecified atom stereocenters. The number of hydrogen-bond acceptors (Lipinski definition) is 2. The summed E-state index contributed by atoms with van der Waals surface area (Å²) in [5, 5.41) is 10.2. The molecule has 1 heterocycles. The highest BCUT2D eigenvalue weighted by molar-refractivity contribution is 14.0. The van der Waals surface area contributed by atoms with Gasteiger partial charge in [0, 0.05) is 13.1 Å². The molecule has 1 fully saturated rings. The van der Waals surface area contributed by atoms with Gasteiger partial charge in [0.2, 0.25) is 0 Å². The smallest absolute Gasteiger partial charge is 0.191 e. The molecule has 0 bridgehead atoms. The van der Waals surface area contributed by atoms with E-state index in [1.54, 1.807) is 0 Å². The molecule has 5 heteroatoms. The molecule has 0 aliphatic carbocycles. The highest BCUT2D eigenvalue weighted by Crippen LogP contribution is 2.17. The molecule has 118 valence electrons. The average Bonchev–Trinajstić information content (AvgIpc) is 2.44. The van der Waals surface area contributed by atoms with Crippen molar-refractivity contribution in [3.8, 4) is 0 Å². The number of benzene rings is 1. The number of nitrogens with zero attached hydrogens (tertiary/aromatic N) is 2. The summed E-state index contributed by atoms with van der Waals surface area (Å²) in [4.78, 5) is 6.48. The summed E-state index contributed by atoms with van der Waals surface area (Å²) in [6.07, 6.45) is 1.84. The second kappa shape index (κ2) is 8.58. The normalized spacial score (nSPS) is 20.8. The molecular formula is C16H26IN3O. The zero-order valence-electron chi connectivity index (χ0n) is 12.8. The van der Waals surface area contributed by atoms with Crippen LogP contribution in [-0.4, -0.2) is 35.6 Å². The van der Waals surface area contributed by atoms with Crippen molar-refractivity contribution in [3.05, 3.63) is 35.4 Å². The number of aliphatic imine (C=N–C) groups is 1. The van der Waals surface area contributed by atoms with Gasteiger partial charge in [0.05, 0.1) is 12.6 Å². The highest BCUT2D eigenvalue weighted by atomic mass is 127. The van der Waals surface area contributed by atoms with Crippen molar-refractivity contribution in [2.45, 2.75) is 32.8 Å². The SMILES string of the molecule is Cc1cccc(C(O)CN=C(N)N2CCCC(C)C2)c1.I. The Morgan fingerprint density at radius 1 is 1.52 bits per heavy atom. The lowest BCUT2D eigenvalue weighted by Crippen LogP contribution is -2.43. The van der Waals surface area contributed by atoms with Crippen molar-refractivity contribution in [1.29, 1.82) is 0 Å². The summed E-state index contributed by atoms with van der Waals surface area (Å²) in [5.74, 6) is 1.22. The number of aliphatic hydroxyl groups is 1. The van der Waals surface area contributed by atoms with Crippen molar-refractivity contribution in [2.24, 2.45) is 16.6 Å². The second-order valence-electron chi connectivity index (χ2n) is 5.82. The minimum Gasteiger partial charge on any atom is -0.386 e. The molecule has 0 radical (unpaired) electrons. The molecule has 0 spiro atoms. The van der Waals surface area contributed by atoms with Gasteiger partial charge >= 0.3 is 0 Å². The Morgan fingerprint density at radius 2 is 2.29 bits per heavy atom. The molecule has 1 aromatic carbocycles. The van der Waals surface area contributed by atoms with Crippen LogP contribution in [0.25, 0.3) is 0 Å². The maximum atomic E-state index is 10.2. The average molecular weight is 403 g/mol. The summed E-state index contributed by atoms with van der Waals surface area (Å²) >= 11 is 0. The van der Waals surface area contributed by atoms with Crippen molar-refractivity contribution in [3.63, 3.8) is 0 Å². The quantitative estimate of drug-likeness (QED) is 0.464. The largest absolute Gasteiger partial charge is 0.386 e. The van der Waals surface area contributed by atoms with E-state index in [0.29, 0.717) is 18.4 Å². The number of piperidine rings is 1. The van der Waals surface area contributed by atoms with Gasteiger partial charge < -0.3 is 15.7 Å². The molecule has 21 heavy (non-hydrogen) atoms. The number of halogens is 1. The molecule has 0 amide bonds. The van der Waals surface area contributed by atoms with Crippen LogP contribution in [-0.2, 0) is 0 Å². The topological polar surface area (TPSA) is 61.9 Å². The lowest BCUT2D eigenvalue weighted by atomic mass is 10.0. The van der Waals surface area contributed by atoms with Crippen LogP contribution < -0.4 is 5.73 Å². The Balaban J connectivity index is 0.00000220. The van der Waals surface area contributed by atoms with Gasteiger partial charge in [-0.1, -0.05) is 36.8 Å². The van der Waals surface area contributed by atoms with E-state index in [1.165, 1.54) is 6.42 Å². The molecule has 2 atom stereocenters. The predicted molar refractivity (Wildman–Crippen MR) is 98.0 cm³/mol. The van der Waals surface area contributed by atoms with E-state index in [-0.39, 0.29) is 24.0 Å². The number of hydrogen-bond donors (Lipinski definition) is 2. The Labute approximate surface area is 144 Å². The second-order valence-corrected chi connectivity index (χ2v) is 5.82. The minimum absolute atomic E-state index is 0. The van der Waals surface area contributed by atoms with Gasteiger partial charge in [-0.05, 0) is 31.2 Å².